The highest BCUT2D eigenvalue weighted by atomic mass is 14.6. The van der Waals surface area contributed by atoms with Gasteiger partial charge in [0.05, 0.1) is 0 Å². The van der Waals surface area contributed by atoms with Gasteiger partial charge in [0.15, 0.2) is 0 Å². The molecule has 0 amide bonds. The molecule has 0 aromatic carbocycles. The highest BCUT2D eigenvalue weighted by Gasteiger charge is 2.58. The van der Waals surface area contributed by atoms with Gasteiger partial charge >= 0.3 is 0 Å². The maximum Gasteiger partial charge on any atom is -0.00853 e. The molecule has 0 aromatic rings. The molecule has 0 heteroatoms. The fourth-order valence-electron chi connectivity index (χ4n) is 8.09. The maximum atomic E-state index is 4.61. The lowest BCUT2D eigenvalue weighted by atomic mass is 9.47. The molecular formula is C27H42. The molecule has 27 heavy (non-hydrogen) atoms. The van der Waals surface area contributed by atoms with Gasteiger partial charge in [0.2, 0.25) is 0 Å². The molecule has 0 radical (unpaired) electrons. The van der Waals surface area contributed by atoms with Crippen LogP contribution in [0.3, 0.4) is 0 Å². The summed E-state index contributed by atoms with van der Waals surface area (Å²) in [5.41, 5.74) is 5.93. The summed E-state index contributed by atoms with van der Waals surface area (Å²) in [5, 5.41) is 0. The van der Waals surface area contributed by atoms with E-state index in [1.807, 2.05) is 5.57 Å². The molecule has 150 valence electrons. The van der Waals surface area contributed by atoms with Gasteiger partial charge in [0.1, 0.15) is 0 Å². The third kappa shape index (κ3) is 3.20. The normalized spacial score (nSPS) is 43.2. The first-order valence-electron chi connectivity index (χ1n) is 11.9. The summed E-state index contributed by atoms with van der Waals surface area (Å²) in [5.74, 6) is 3.64. The Morgan fingerprint density at radius 1 is 1.11 bits per heavy atom. The van der Waals surface area contributed by atoms with Crippen molar-refractivity contribution in [2.75, 3.05) is 0 Å². The summed E-state index contributed by atoms with van der Waals surface area (Å²) in [7, 11) is 0. The van der Waals surface area contributed by atoms with E-state index < -0.39 is 0 Å². The second-order valence-corrected chi connectivity index (χ2v) is 11.1. The number of allylic oxidation sites excluding steroid dienone is 5. The molecule has 0 spiro atoms. The molecule has 0 aromatic heterocycles. The Bertz CT molecular complexity index is 645. The molecule has 6 atom stereocenters. The Labute approximate surface area is 168 Å². The van der Waals surface area contributed by atoms with E-state index in [2.05, 4.69) is 46.4 Å². The molecule has 0 bridgehead atoms. The zero-order chi connectivity index (χ0) is 19.2. The van der Waals surface area contributed by atoms with Crippen LogP contribution >= 0.6 is 0 Å². The number of hydrogen-bond donors (Lipinski definition) is 0. The first-order chi connectivity index (χ1) is 12.9. The Kier molecular flexibility index (Phi) is 5.23. The SMILES string of the molecule is C=C(CCC=C(C)C)C1CCC2C3CC=C4CCCCC4(C)[C@H]3CCC12C. The lowest BCUT2D eigenvalue weighted by Gasteiger charge is -2.57. The lowest BCUT2D eigenvalue weighted by Crippen LogP contribution is -2.49. The second kappa shape index (κ2) is 7.23. The highest BCUT2D eigenvalue weighted by molar-refractivity contribution is 5.25. The summed E-state index contributed by atoms with van der Waals surface area (Å²) in [6.07, 6.45) is 20.4. The van der Waals surface area contributed by atoms with Crippen LogP contribution in [0.15, 0.2) is 35.5 Å². The van der Waals surface area contributed by atoms with Crippen LogP contribution in [0, 0.1) is 34.5 Å². The number of fused-ring (bicyclic) bond motifs is 5. The summed E-state index contributed by atoms with van der Waals surface area (Å²) in [6, 6.07) is 0. The van der Waals surface area contributed by atoms with Crippen LogP contribution in [0.2, 0.25) is 0 Å². The summed E-state index contributed by atoms with van der Waals surface area (Å²) < 4.78 is 0. The molecule has 4 aliphatic rings. The molecule has 3 saturated carbocycles. The van der Waals surface area contributed by atoms with Crippen LogP contribution in [-0.4, -0.2) is 0 Å². The van der Waals surface area contributed by atoms with Crippen LogP contribution in [-0.2, 0) is 0 Å². The van der Waals surface area contributed by atoms with Gasteiger partial charge in [-0.3, -0.25) is 0 Å². The van der Waals surface area contributed by atoms with E-state index in [9.17, 15) is 0 Å². The van der Waals surface area contributed by atoms with Crippen LogP contribution in [0.1, 0.15) is 98.3 Å². The van der Waals surface area contributed by atoms with Crippen molar-refractivity contribution in [2.24, 2.45) is 34.5 Å². The van der Waals surface area contributed by atoms with E-state index in [-0.39, 0.29) is 0 Å². The van der Waals surface area contributed by atoms with Crippen molar-refractivity contribution < 1.29 is 0 Å². The van der Waals surface area contributed by atoms with Crippen molar-refractivity contribution >= 4 is 0 Å². The van der Waals surface area contributed by atoms with E-state index in [0.29, 0.717) is 10.8 Å². The molecule has 0 saturated heterocycles. The first-order valence-corrected chi connectivity index (χ1v) is 11.9. The van der Waals surface area contributed by atoms with Gasteiger partial charge in [0, 0.05) is 0 Å². The van der Waals surface area contributed by atoms with E-state index in [0.717, 1.165) is 23.7 Å². The van der Waals surface area contributed by atoms with E-state index in [1.54, 1.807) is 5.57 Å². The minimum absolute atomic E-state index is 0.527. The summed E-state index contributed by atoms with van der Waals surface area (Å²) in [4.78, 5) is 0. The minimum Gasteiger partial charge on any atom is -0.0995 e. The van der Waals surface area contributed by atoms with Gasteiger partial charge in [-0.15, -0.1) is 0 Å². The van der Waals surface area contributed by atoms with Gasteiger partial charge in [0.25, 0.3) is 0 Å². The minimum atomic E-state index is 0.527. The largest absolute Gasteiger partial charge is 0.0995 e. The predicted octanol–water partition coefficient (Wildman–Crippen LogP) is 8.26. The zero-order valence-electron chi connectivity index (χ0n) is 18.4. The Morgan fingerprint density at radius 2 is 1.93 bits per heavy atom. The van der Waals surface area contributed by atoms with Gasteiger partial charge in [-0.05, 0) is 113 Å². The first kappa shape index (κ1) is 19.5. The van der Waals surface area contributed by atoms with Gasteiger partial charge in [-0.1, -0.05) is 55.7 Å². The van der Waals surface area contributed by atoms with E-state index in [1.165, 1.54) is 76.2 Å². The number of rotatable bonds is 4. The summed E-state index contributed by atoms with van der Waals surface area (Å²) in [6.45, 7) is 14.3. The highest BCUT2D eigenvalue weighted by Crippen LogP contribution is 2.67. The zero-order valence-corrected chi connectivity index (χ0v) is 18.4. The number of hydrogen-bond acceptors (Lipinski definition) is 0. The van der Waals surface area contributed by atoms with Crippen LogP contribution < -0.4 is 0 Å². The molecule has 0 nitrogen and oxygen atoms in total. The van der Waals surface area contributed by atoms with Crippen LogP contribution in [0.25, 0.3) is 0 Å². The van der Waals surface area contributed by atoms with Crippen LogP contribution in [0.5, 0.6) is 0 Å². The van der Waals surface area contributed by atoms with E-state index in [4.69, 9.17) is 0 Å². The molecular weight excluding hydrogens is 324 g/mol. The van der Waals surface area contributed by atoms with E-state index >= 15 is 0 Å². The fraction of sp³-hybridized carbons (Fsp3) is 0.778. The fourth-order valence-corrected chi connectivity index (χ4v) is 8.09. The molecule has 5 unspecified atom stereocenters. The van der Waals surface area contributed by atoms with Crippen molar-refractivity contribution in [3.05, 3.63) is 35.5 Å². The second-order valence-electron chi connectivity index (χ2n) is 11.1. The van der Waals surface area contributed by atoms with Crippen molar-refractivity contribution in [2.45, 2.75) is 98.3 Å². The third-order valence-electron chi connectivity index (χ3n) is 9.53. The Morgan fingerprint density at radius 3 is 2.70 bits per heavy atom. The quantitative estimate of drug-likeness (QED) is 0.439. The van der Waals surface area contributed by atoms with Gasteiger partial charge in [-0.2, -0.15) is 0 Å². The smallest absolute Gasteiger partial charge is 0.00853 e. The topological polar surface area (TPSA) is 0 Å². The van der Waals surface area contributed by atoms with Gasteiger partial charge in [-0.25, -0.2) is 0 Å². The van der Waals surface area contributed by atoms with Crippen molar-refractivity contribution in [3.63, 3.8) is 0 Å². The molecule has 0 N–H and O–H groups in total. The molecule has 3 fully saturated rings. The predicted molar refractivity (Wildman–Crippen MR) is 118 cm³/mol. The van der Waals surface area contributed by atoms with Crippen molar-refractivity contribution in [1.82, 2.24) is 0 Å². The lowest BCUT2D eigenvalue weighted by molar-refractivity contribution is -0.0363. The van der Waals surface area contributed by atoms with Crippen LogP contribution in [0.4, 0.5) is 0 Å². The Hall–Kier alpha value is -0.780. The molecule has 4 rings (SSSR count). The Balaban J connectivity index is 1.52. The monoisotopic (exact) mass is 366 g/mol. The summed E-state index contributed by atoms with van der Waals surface area (Å²) >= 11 is 0. The average molecular weight is 367 g/mol. The molecule has 0 heterocycles. The molecule has 4 aliphatic carbocycles. The van der Waals surface area contributed by atoms with Crippen molar-refractivity contribution in [1.29, 1.82) is 0 Å². The third-order valence-corrected chi connectivity index (χ3v) is 9.53. The van der Waals surface area contributed by atoms with Crippen molar-refractivity contribution in [3.8, 4) is 0 Å². The van der Waals surface area contributed by atoms with Gasteiger partial charge < -0.3 is 0 Å². The maximum absolute atomic E-state index is 4.61. The molecule has 0 aliphatic heterocycles. The standard InChI is InChI=1S/C27H42/c1-19(2)9-8-10-20(3)23-14-15-24-22-13-12-21-11-6-7-17-26(21,4)25(22)16-18-27(23,24)5/h9,12,22-25H,3,6-8,10-11,13-18H2,1-2,4-5H3/t22?,23?,24?,25-,26?,27?/m0/s1. The average Bonchev–Trinajstić information content (AvgIpc) is 2.98.